The van der Waals surface area contributed by atoms with E-state index in [0.29, 0.717) is 22.6 Å². The van der Waals surface area contributed by atoms with Gasteiger partial charge in [0.05, 0.1) is 32.1 Å². The SMILES string of the molecule is C#CC#CC#CC#CC#CC#CC#CONc1ccc(Cl)c(Nc2[nH]n(-c3c(Cl)cc(Cl)cc3Cl)c(=O)c2N=Nc2ccc(O)c(C)c2)c1. The topological polar surface area (TPSA) is 116 Å². The van der Waals surface area contributed by atoms with Crippen LogP contribution >= 0.6 is 46.4 Å². The van der Waals surface area contributed by atoms with E-state index in [4.69, 9.17) is 57.7 Å². The lowest BCUT2D eigenvalue weighted by atomic mass is 10.2. The second-order valence-corrected chi connectivity index (χ2v) is 10.7. The van der Waals surface area contributed by atoms with Gasteiger partial charge in [0.1, 0.15) is 11.4 Å². The summed E-state index contributed by atoms with van der Waals surface area (Å²) in [6.07, 6.45) is 7.34. The molecule has 3 aromatic carbocycles. The summed E-state index contributed by atoms with van der Waals surface area (Å²) in [6, 6.07) is 12.3. The second-order valence-electron chi connectivity index (χ2n) is 9.01. The number of benzene rings is 3. The first-order valence-corrected chi connectivity index (χ1v) is 14.8. The van der Waals surface area contributed by atoms with Crippen LogP contribution < -0.4 is 16.4 Å². The summed E-state index contributed by atoms with van der Waals surface area (Å²) in [7, 11) is 0. The maximum absolute atomic E-state index is 13.6. The highest BCUT2D eigenvalue weighted by Crippen LogP contribution is 2.35. The molecule has 0 aliphatic heterocycles. The quantitative estimate of drug-likeness (QED) is 0.0880. The number of nitrogens with one attached hydrogen (secondary N) is 3. The van der Waals surface area contributed by atoms with Crippen LogP contribution in [0.2, 0.25) is 20.1 Å². The van der Waals surface area contributed by atoms with Gasteiger partial charge in [0.15, 0.2) is 17.6 Å². The lowest BCUT2D eigenvalue weighted by molar-refractivity contribution is 0.363. The molecule has 49 heavy (non-hydrogen) atoms. The van der Waals surface area contributed by atoms with Crippen LogP contribution in [0.25, 0.3) is 5.69 Å². The normalized spacial score (nSPS) is 9.22. The van der Waals surface area contributed by atoms with Gasteiger partial charge < -0.3 is 15.3 Å². The van der Waals surface area contributed by atoms with Crippen molar-refractivity contribution in [3.8, 4) is 95.0 Å². The predicted octanol–water partition coefficient (Wildman–Crippen LogP) is 7.91. The Kier molecular flexibility index (Phi) is 12.6. The van der Waals surface area contributed by atoms with Gasteiger partial charge in [-0.2, -0.15) is 5.11 Å². The third kappa shape index (κ3) is 10.0. The molecule has 0 unspecified atom stereocenters. The van der Waals surface area contributed by atoms with Gasteiger partial charge in [-0.25, -0.2) is 10.2 Å². The van der Waals surface area contributed by atoms with Crippen LogP contribution in [0, 0.1) is 90.5 Å². The van der Waals surface area contributed by atoms with E-state index in [0.717, 1.165) is 4.68 Å². The smallest absolute Gasteiger partial charge is 0.301 e. The van der Waals surface area contributed by atoms with Gasteiger partial charge in [0, 0.05) is 40.5 Å². The lowest BCUT2D eigenvalue weighted by Gasteiger charge is -2.10. The summed E-state index contributed by atoms with van der Waals surface area (Å²) in [6.45, 7) is 1.70. The van der Waals surface area contributed by atoms with Crippen molar-refractivity contribution in [2.24, 2.45) is 10.2 Å². The Hall–Kier alpha value is -6.45. The minimum absolute atomic E-state index is 0.0885. The number of nitrogens with zero attached hydrogens (tertiary/aromatic N) is 3. The summed E-state index contributed by atoms with van der Waals surface area (Å²) in [5.74, 6) is 29.3. The highest BCUT2D eigenvalue weighted by Gasteiger charge is 2.21. The summed E-state index contributed by atoms with van der Waals surface area (Å²) in [5.41, 5.74) is 3.73. The maximum atomic E-state index is 13.6. The Bertz CT molecular complexity index is 2450. The van der Waals surface area contributed by atoms with Crippen molar-refractivity contribution in [1.82, 2.24) is 9.78 Å². The van der Waals surface area contributed by atoms with Crippen LogP contribution in [0.3, 0.4) is 0 Å². The average molecular weight is 722 g/mol. The molecule has 4 rings (SSSR count). The van der Waals surface area contributed by atoms with Gasteiger partial charge >= 0.3 is 5.56 Å². The van der Waals surface area contributed by atoms with Gasteiger partial charge in [0.2, 0.25) is 0 Å². The van der Waals surface area contributed by atoms with E-state index >= 15 is 0 Å². The Balaban J connectivity index is 1.57. The molecule has 0 aliphatic rings. The Morgan fingerprint density at radius 1 is 0.816 bits per heavy atom. The van der Waals surface area contributed by atoms with Gasteiger partial charge in [0.25, 0.3) is 0 Å². The van der Waals surface area contributed by atoms with E-state index in [-0.39, 0.29) is 43.0 Å². The number of hydrogen-bond donors (Lipinski definition) is 4. The van der Waals surface area contributed by atoms with Gasteiger partial charge in [-0.15, -0.1) is 11.5 Å². The fourth-order valence-corrected chi connectivity index (χ4v) is 4.75. The van der Waals surface area contributed by atoms with E-state index in [2.05, 4.69) is 103 Å². The molecule has 13 heteroatoms. The molecule has 0 fully saturated rings. The van der Waals surface area contributed by atoms with Crippen molar-refractivity contribution in [3.05, 3.63) is 84.5 Å². The third-order valence-corrected chi connectivity index (χ3v) is 6.84. The van der Waals surface area contributed by atoms with E-state index < -0.39 is 5.56 Å². The van der Waals surface area contributed by atoms with Crippen molar-refractivity contribution in [1.29, 1.82) is 0 Å². The first-order chi connectivity index (χ1) is 23.7. The number of phenolic OH excluding ortho intramolecular Hbond substituents is 1. The van der Waals surface area contributed by atoms with Crippen LogP contribution in [0.5, 0.6) is 5.75 Å². The molecule has 236 valence electrons. The first-order valence-electron chi connectivity index (χ1n) is 13.3. The Morgan fingerprint density at radius 3 is 2.08 bits per heavy atom. The molecule has 4 aromatic rings. The van der Waals surface area contributed by atoms with Crippen molar-refractivity contribution in [2.45, 2.75) is 6.92 Å². The number of azo groups is 1. The maximum Gasteiger partial charge on any atom is 0.301 e. The van der Waals surface area contributed by atoms with Crippen molar-refractivity contribution < 1.29 is 9.94 Å². The molecule has 0 atom stereocenters. The van der Waals surface area contributed by atoms with Gasteiger partial charge in [-0.05, 0) is 96.5 Å². The second kappa shape index (κ2) is 17.5. The summed E-state index contributed by atoms with van der Waals surface area (Å²) >= 11 is 25.4. The first kappa shape index (κ1) is 35.4. The zero-order chi connectivity index (χ0) is 35.2. The standard InChI is InChI=1S/C36H16Cl4N6O3/c1-3-4-5-6-7-8-9-10-11-12-13-14-19-49-45-27-15-17-28(38)31(23-27)41-35-33(43-42-26-16-18-32(47)24(2)20-26)36(48)46(44-35)34-29(39)21-25(37)22-30(34)40/h1,15-18,20-23,41,44-45,47H,2H3. The zero-order valence-electron chi connectivity index (χ0n) is 24.8. The van der Waals surface area contributed by atoms with E-state index in [1.807, 2.05) is 0 Å². The number of phenols is 1. The number of anilines is 3. The molecular formula is C36H16Cl4N6O3. The summed E-state index contributed by atoms with van der Waals surface area (Å²) < 4.78 is 1.10. The number of H-pyrrole nitrogens is 1. The number of aryl methyl sites for hydroxylation is 1. The van der Waals surface area contributed by atoms with Crippen LogP contribution in [-0.2, 0) is 4.84 Å². The van der Waals surface area contributed by atoms with Crippen molar-refractivity contribution in [3.63, 3.8) is 0 Å². The molecule has 1 heterocycles. The molecule has 0 saturated carbocycles. The predicted molar refractivity (Wildman–Crippen MR) is 193 cm³/mol. The molecule has 0 amide bonds. The van der Waals surface area contributed by atoms with Crippen molar-refractivity contribution in [2.75, 3.05) is 10.8 Å². The third-order valence-electron chi connectivity index (χ3n) is 5.71. The Morgan fingerprint density at radius 2 is 1.45 bits per heavy atom. The average Bonchev–Trinajstić information content (AvgIpc) is 3.36. The van der Waals surface area contributed by atoms with Crippen molar-refractivity contribution >= 4 is 75.0 Å². The lowest BCUT2D eigenvalue weighted by Crippen LogP contribution is -2.15. The molecule has 1 aromatic heterocycles. The highest BCUT2D eigenvalue weighted by molar-refractivity contribution is 6.40. The molecule has 0 radical (unpaired) electrons. The molecule has 0 bridgehead atoms. The number of halogens is 4. The van der Waals surface area contributed by atoms with Crippen LogP contribution in [0.4, 0.5) is 28.6 Å². The molecular weight excluding hydrogens is 706 g/mol. The fraction of sp³-hybridized carbons (Fsp3) is 0.0278. The molecule has 0 aliphatic carbocycles. The number of rotatable bonds is 7. The number of aromatic amines is 1. The summed E-state index contributed by atoms with van der Waals surface area (Å²) in [4.78, 5) is 18.8. The van der Waals surface area contributed by atoms with Gasteiger partial charge in [-0.1, -0.05) is 46.4 Å². The number of hydrogen-bond acceptors (Lipinski definition) is 7. The number of terminal acetylenes is 1. The molecule has 4 N–H and O–H groups in total. The molecule has 9 nitrogen and oxygen atoms in total. The minimum atomic E-state index is -0.644. The van der Waals surface area contributed by atoms with Gasteiger partial charge in [-0.3, -0.25) is 9.89 Å². The number of aromatic hydroxyl groups is 1. The molecule has 0 saturated heterocycles. The Labute approximate surface area is 300 Å². The highest BCUT2D eigenvalue weighted by atomic mass is 35.5. The van der Waals surface area contributed by atoms with E-state index in [1.54, 1.807) is 31.2 Å². The van der Waals surface area contributed by atoms with Crippen LogP contribution in [-0.4, -0.2) is 14.9 Å². The fourth-order valence-electron chi connectivity index (χ4n) is 3.60. The zero-order valence-corrected chi connectivity index (χ0v) is 27.8. The number of aromatic nitrogens is 2. The van der Waals surface area contributed by atoms with E-state index in [1.165, 1.54) is 24.3 Å². The van der Waals surface area contributed by atoms with Crippen LogP contribution in [0.1, 0.15) is 5.56 Å². The summed E-state index contributed by atoms with van der Waals surface area (Å²) in [5, 5.41) is 25.0. The monoisotopic (exact) mass is 720 g/mol. The van der Waals surface area contributed by atoms with Crippen LogP contribution in [0.15, 0.2) is 63.6 Å². The molecule has 0 spiro atoms. The largest absolute Gasteiger partial charge is 0.508 e. The van der Waals surface area contributed by atoms with E-state index in [9.17, 15) is 9.90 Å². The minimum Gasteiger partial charge on any atom is -0.508 e.